The van der Waals surface area contributed by atoms with E-state index in [1.54, 1.807) is 13.8 Å². The first-order valence-corrected chi connectivity index (χ1v) is 5.70. The summed E-state index contributed by atoms with van der Waals surface area (Å²) in [6.45, 7) is 3.55. The third-order valence-electron chi connectivity index (χ3n) is 3.09. The third-order valence-corrected chi connectivity index (χ3v) is 3.09. The lowest BCUT2D eigenvalue weighted by Gasteiger charge is -2.17. The molecule has 2 nitrogen and oxygen atoms in total. The maximum Gasteiger partial charge on any atom is 0.135 e. The van der Waals surface area contributed by atoms with E-state index in [-0.39, 0.29) is 0 Å². The molecule has 3 rings (SSSR count). The topological polar surface area (TPSA) is 33.4 Å². The standard InChI is InChI=1S/C15H14O2/c1-15(2,16)10-7-8-12-11-5-3-4-6-13(11)17-14(12)9-10/h3-9,16H,1-2H3. The predicted molar refractivity (Wildman–Crippen MR) is 69.0 cm³/mol. The Labute approximate surface area is 99.5 Å². The Morgan fingerprint density at radius 3 is 2.41 bits per heavy atom. The van der Waals surface area contributed by atoms with Gasteiger partial charge in [0.05, 0.1) is 5.60 Å². The summed E-state index contributed by atoms with van der Waals surface area (Å²) in [4.78, 5) is 0. The molecule has 2 aromatic carbocycles. The van der Waals surface area contributed by atoms with Crippen molar-refractivity contribution in [3.05, 3.63) is 48.0 Å². The van der Waals surface area contributed by atoms with Crippen LogP contribution in [-0.4, -0.2) is 5.11 Å². The molecule has 1 heterocycles. The minimum Gasteiger partial charge on any atom is -0.456 e. The molecule has 1 N–H and O–H groups in total. The van der Waals surface area contributed by atoms with Crippen LogP contribution in [0.1, 0.15) is 19.4 Å². The van der Waals surface area contributed by atoms with Crippen molar-refractivity contribution in [3.63, 3.8) is 0 Å². The molecule has 3 aromatic rings. The van der Waals surface area contributed by atoms with E-state index in [0.717, 1.165) is 27.5 Å². The molecular weight excluding hydrogens is 212 g/mol. The molecule has 0 aliphatic rings. The second kappa shape index (κ2) is 3.34. The molecule has 0 spiro atoms. The van der Waals surface area contributed by atoms with Crippen LogP contribution in [0.5, 0.6) is 0 Å². The van der Waals surface area contributed by atoms with E-state index in [1.807, 2.05) is 42.5 Å². The van der Waals surface area contributed by atoms with Crippen molar-refractivity contribution in [2.24, 2.45) is 0 Å². The minimum atomic E-state index is -0.840. The van der Waals surface area contributed by atoms with Gasteiger partial charge in [-0.15, -0.1) is 0 Å². The zero-order valence-corrected chi connectivity index (χ0v) is 9.90. The van der Waals surface area contributed by atoms with Crippen molar-refractivity contribution in [2.75, 3.05) is 0 Å². The lowest BCUT2D eigenvalue weighted by Crippen LogP contribution is -2.14. The molecule has 0 radical (unpaired) electrons. The molecule has 86 valence electrons. The van der Waals surface area contributed by atoms with Crippen LogP contribution in [0.25, 0.3) is 21.9 Å². The summed E-state index contributed by atoms with van der Waals surface area (Å²) in [5, 5.41) is 12.2. The van der Waals surface area contributed by atoms with Crippen molar-refractivity contribution >= 4 is 21.9 Å². The van der Waals surface area contributed by atoms with Gasteiger partial charge in [-0.05, 0) is 31.5 Å². The Hall–Kier alpha value is -1.80. The summed E-state index contributed by atoms with van der Waals surface area (Å²) in [6, 6.07) is 13.8. The Morgan fingerprint density at radius 1 is 0.941 bits per heavy atom. The molecule has 0 amide bonds. The van der Waals surface area contributed by atoms with E-state index < -0.39 is 5.60 Å². The zero-order valence-electron chi connectivity index (χ0n) is 9.90. The van der Waals surface area contributed by atoms with Gasteiger partial charge in [0.2, 0.25) is 0 Å². The molecule has 0 aliphatic heterocycles. The SMILES string of the molecule is CC(C)(O)c1ccc2c(c1)oc1ccccc12. The van der Waals surface area contributed by atoms with Gasteiger partial charge in [0.15, 0.2) is 0 Å². The summed E-state index contributed by atoms with van der Waals surface area (Å²) in [5.74, 6) is 0. The van der Waals surface area contributed by atoms with Crippen molar-refractivity contribution in [2.45, 2.75) is 19.4 Å². The molecule has 0 bridgehead atoms. The fraction of sp³-hybridized carbons (Fsp3) is 0.200. The summed E-state index contributed by atoms with van der Waals surface area (Å²) < 4.78 is 5.78. The summed E-state index contributed by atoms with van der Waals surface area (Å²) in [7, 11) is 0. The van der Waals surface area contributed by atoms with Crippen LogP contribution in [0.15, 0.2) is 46.9 Å². The monoisotopic (exact) mass is 226 g/mol. The number of hydrogen-bond donors (Lipinski definition) is 1. The number of hydrogen-bond acceptors (Lipinski definition) is 2. The molecule has 0 fully saturated rings. The van der Waals surface area contributed by atoms with E-state index in [2.05, 4.69) is 0 Å². The van der Waals surface area contributed by atoms with Gasteiger partial charge >= 0.3 is 0 Å². The van der Waals surface area contributed by atoms with Gasteiger partial charge in [-0.25, -0.2) is 0 Å². The second-order valence-corrected chi connectivity index (χ2v) is 4.87. The van der Waals surface area contributed by atoms with E-state index in [4.69, 9.17) is 4.42 Å². The molecule has 0 unspecified atom stereocenters. The number of benzene rings is 2. The highest BCUT2D eigenvalue weighted by atomic mass is 16.3. The molecule has 2 heteroatoms. The lowest BCUT2D eigenvalue weighted by atomic mass is 9.97. The maximum atomic E-state index is 9.98. The van der Waals surface area contributed by atoms with E-state index in [9.17, 15) is 5.11 Å². The number of aliphatic hydroxyl groups is 1. The van der Waals surface area contributed by atoms with Gasteiger partial charge in [-0.1, -0.05) is 30.3 Å². The Balaban J connectivity index is 2.34. The Morgan fingerprint density at radius 2 is 1.65 bits per heavy atom. The second-order valence-electron chi connectivity index (χ2n) is 4.87. The largest absolute Gasteiger partial charge is 0.456 e. The van der Waals surface area contributed by atoms with Crippen LogP contribution in [0.3, 0.4) is 0 Å². The Bertz CT molecular complexity index is 687. The number of para-hydroxylation sites is 1. The van der Waals surface area contributed by atoms with E-state index in [1.165, 1.54) is 0 Å². The highest BCUT2D eigenvalue weighted by Gasteiger charge is 2.17. The van der Waals surface area contributed by atoms with Crippen molar-refractivity contribution < 1.29 is 9.52 Å². The first-order chi connectivity index (χ1) is 8.05. The summed E-state index contributed by atoms with van der Waals surface area (Å²) in [5.41, 5.74) is 1.73. The summed E-state index contributed by atoms with van der Waals surface area (Å²) in [6.07, 6.45) is 0. The number of fused-ring (bicyclic) bond motifs is 3. The smallest absolute Gasteiger partial charge is 0.135 e. The molecular formula is C15H14O2. The van der Waals surface area contributed by atoms with Crippen LogP contribution in [0.4, 0.5) is 0 Å². The van der Waals surface area contributed by atoms with Crippen LogP contribution in [0.2, 0.25) is 0 Å². The van der Waals surface area contributed by atoms with Gasteiger partial charge in [0.1, 0.15) is 11.2 Å². The van der Waals surface area contributed by atoms with Crippen LogP contribution >= 0.6 is 0 Å². The van der Waals surface area contributed by atoms with Crippen LogP contribution in [0, 0.1) is 0 Å². The van der Waals surface area contributed by atoms with Crippen LogP contribution in [-0.2, 0) is 5.60 Å². The maximum absolute atomic E-state index is 9.98. The molecule has 17 heavy (non-hydrogen) atoms. The van der Waals surface area contributed by atoms with E-state index >= 15 is 0 Å². The first kappa shape index (κ1) is 10.4. The number of rotatable bonds is 1. The lowest BCUT2D eigenvalue weighted by molar-refractivity contribution is 0.0786. The molecule has 0 aliphatic carbocycles. The third kappa shape index (κ3) is 1.61. The summed E-state index contributed by atoms with van der Waals surface area (Å²) >= 11 is 0. The fourth-order valence-corrected chi connectivity index (χ4v) is 2.11. The van der Waals surface area contributed by atoms with Gasteiger partial charge in [-0.3, -0.25) is 0 Å². The zero-order chi connectivity index (χ0) is 12.0. The highest BCUT2D eigenvalue weighted by Crippen LogP contribution is 2.31. The molecule has 1 aromatic heterocycles. The average Bonchev–Trinajstić information content (AvgIpc) is 2.65. The first-order valence-electron chi connectivity index (χ1n) is 5.70. The van der Waals surface area contributed by atoms with Crippen LogP contribution < -0.4 is 0 Å². The van der Waals surface area contributed by atoms with Crippen molar-refractivity contribution in [1.29, 1.82) is 0 Å². The number of furan rings is 1. The molecule has 0 saturated carbocycles. The predicted octanol–water partition coefficient (Wildman–Crippen LogP) is 3.81. The highest BCUT2D eigenvalue weighted by molar-refractivity contribution is 6.04. The van der Waals surface area contributed by atoms with E-state index in [0.29, 0.717) is 0 Å². The van der Waals surface area contributed by atoms with Gasteiger partial charge in [0.25, 0.3) is 0 Å². The van der Waals surface area contributed by atoms with Gasteiger partial charge < -0.3 is 9.52 Å². The Kier molecular flexibility index (Phi) is 2.04. The molecule has 0 atom stereocenters. The minimum absolute atomic E-state index is 0.825. The van der Waals surface area contributed by atoms with Gasteiger partial charge in [0, 0.05) is 10.8 Å². The van der Waals surface area contributed by atoms with Gasteiger partial charge in [-0.2, -0.15) is 0 Å². The van der Waals surface area contributed by atoms with Crippen molar-refractivity contribution in [1.82, 2.24) is 0 Å². The normalized spacial score (nSPS) is 12.4. The quantitative estimate of drug-likeness (QED) is 0.684. The average molecular weight is 226 g/mol. The molecule has 0 saturated heterocycles. The fourth-order valence-electron chi connectivity index (χ4n) is 2.11. The van der Waals surface area contributed by atoms with Crippen molar-refractivity contribution in [3.8, 4) is 0 Å².